The quantitative estimate of drug-likeness (QED) is 0.820. The normalized spacial score (nSPS) is 14.2. The summed E-state index contributed by atoms with van der Waals surface area (Å²) >= 11 is 0. The Morgan fingerprint density at radius 3 is 2.18 bits per heavy atom. The standard InChI is InChI=1S/C17H22N2O3/c1-4-5-10-17(2,3)18-14(20)11-19-15(21)12-8-6-7-9-13(12)16(19)22/h6-9H,4-5,10-11H2,1-3H3,(H,18,20). The van der Waals surface area contributed by atoms with Crippen LogP contribution in [-0.2, 0) is 4.79 Å². The molecule has 0 unspecified atom stereocenters. The fourth-order valence-electron chi connectivity index (χ4n) is 2.62. The highest BCUT2D eigenvalue weighted by Gasteiger charge is 2.36. The largest absolute Gasteiger partial charge is 0.350 e. The zero-order chi connectivity index (χ0) is 16.3. The SMILES string of the molecule is CCCCC(C)(C)NC(=O)CN1C(=O)c2ccccc2C1=O. The molecule has 1 aromatic rings. The number of hydrogen-bond donors (Lipinski definition) is 1. The van der Waals surface area contributed by atoms with E-state index in [0.717, 1.165) is 24.2 Å². The van der Waals surface area contributed by atoms with Gasteiger partial charge < -0.3 is 5.32 Å². The number of unbranched alkanes of at least 4 members (excludes halogenated alkanes) is 1. The van der Waals surface area contributed by atoms with Crippen LogP contribution < -0.4 is 5.32 Å². The van der Waals surface area contributed by atoms with Gasteiger partial charge in [-0.05, 0) is 32.4 Å². The van der Waals surface area contributed by atoms with E-state index in [9.17, 15) is 14.4 Å². The fraction of sp³-hybridized carbons (Fsp3) is 0.471. The van der Waals surface area contributed by atoms with Crippen molar-refractivity contribution in [2.24, 2.45) is 0 Å². The summed E-state index contributed by atoms with van der Waals surface area (Å²) < 4.78 is 0. The third-order valence-corrected chi connectivity index (χ3v) is 3.81. The van der Waals surface area contributed by atoms with Crippen LogP contribution in [0.5, 0.6) is 0 Å². The number of hydrogen-bond acceptors (Lipinski definition) is 3. The molecular formula is C17H22N2O3. The monoisotopic (exact) mass is 302 g/mol. The molecule has 118 valence electrons. The van der Waals surface area contributed by atoms with Gasteiger partial charge in [0.2, 0.25) is 5.91 Å². The number of nitrogens with one attached hydrogen (secondary N) is 1. The van der Waals surface area contributed by atoms with Gasteiger partial charge >= 0.3 is 0 Å². The van der Waals surface area contributed by atoms with Gasteiger partial charge in [-0.25, -0.2) is 0 Å². The van der Waals surface area contributed by atoms with E-state index in [4.69, 9.17) is 0 Å². The first-order valence-corrected chi connectivity index (χ1v) is 7.62. The van der Waals surface area contributed by atoms with Gasteiger partial charge in [-0.2, -0.15) is 0 Å². The number of benzene rings is 1. The summed E-state index contributed by atoms with van der Waals surface area (Å²) in [6.45, 7) is 5.75. The predicted molar refractivity (Wildman–Crippen MR) is 83.6 cm³/mol. The lowest BCUT2D eigenvalue weighted by Crippen LogP contribution is -2.48. The minimum Gasteiger partial charge on any atom is -0.350 e. The van der Waals surface area contributed by atoms with Crippen molar-refractivity contribution in [2.45, 2.75) is 45.6 Å². The lowest BCUT2D eigenvalue weighted by atomic mass is 9.97. The van der Waals surface area contributed by atoms with E-state index >= 15 is 0 Å². The summed E-state index contributed by atoms with van der Waals surface area (Å²) in [5.41, 5.74) is 0.391. The van der Waals surface area contributed by atoms with Crippen LogP contribution in [-0.4, -0.2) is 34.7 Å². The number of amides is 3. The van der Waals surface area contributed by atoms with Crippen LogP contribution in [0.15, 0.2) is 24.3 Å². The van der Waals surface area contributed by atoms with Crippen molar-refractivity contribution in [2.75, 3.05) is 6.54 Å². The maximum absolute atomic E-state index is 12.2. The molecule has 0 aromatic heterocycles. The third kappa shape index (κ3) is 3.35. The molecule has 0 spiro atoms. The molecule has 0 aliphatic carbocycles. The first-order chi connectivity index (χ1) is 10.4. The molecule has 5 nitrogen and oxygen atoms in total. The van der Waals surface area contributed by atoms with Gasteiger partial charge in [-0.1, -0.05) is 31.9 Å². The summed E-state index contributed by atoms with van der Waals surface area (Å²) in [5.74, 6) is -1.11. The molecular weight excluding hydrogens is 280 g/mol. The molecule has 0 bridgehead atoms. The second-order valence-corrected chi connectivity index (χ2v) is 6.28. The van der Waals surface area contributed by atoms with Crippen molar-refractivity contribution < 1.29 is 14.4 Å². The molecule has 2 rings (SSSR count). The Morgan fingerprint density at radius 1 is 1.14 bits per heavy atom. The predicted octanol–water partition coefficient (Wildman–Crippen LogP) is 2.37. The Kier molecular flexibility index (Phi) is 4.64. The van der Waals surface area contributed by atoms with Gasteiger partial charge in [0.15, 0.2) is 0 Å². The molecule has 0 atom stereocenters. The van der Waals surface area contributed by atoms with Crippen LogP contribution in [0, 0.1) is 0 Å². The van der Waals surface area contributed by atoms with Crippen LogP contribution in [0.2, 0.25) is 0 Å². The number of carbonyl (C=O) groups excluding carboxylic acids is 3. The molecule has 1 aromatic carbocycles. The van der Waals surface area contributed by atoms with Crippen molar-refractivity contribution in [1.82, 2.24) is 10.2 Å². The number of carbonyl (C=O) groups is 3. The molecule has 3 amide bonds. The zero-order valence-electron chi connectivity index (χ0n) is 13.3. The van der Waals surface area contributed by atoms with E-state index in [1.54, 1.807) is 24.3 Å². The Balaban J connectivity index is 2.02. The van der Waals surface area contributed by atoms with Crippen molar-refractivity contribution in [3.63, 3.8) is 0 Å². The summed E-state index contributed by atoms with van der Waals surface area (Å²) in [6, 6.07) is 6.64. The Bertz CT molecular complexity index is 573. The lowest BCUT2D eigenvalue weighted by molar-refractivity contribution is -0.123. The molecule has 0 saturated carbocycles. The fourth-order valence-corrected chi connectivity index (χ4v) is 2.62. The summed E-state index contributed by atoms with van der Waals surface area (Å²) in [5, 5.41) is 2.90. The van der Waals surface area contributed by atoms with Gasteiger partial charge in [0.1, 0.15) is 6.54 Å². The van der Waals surface area contributed by atoms with Crippen molar-refractivity contribution in [3.8, 4) is 0 Å². The summed E-state index contributed by atoms with van der Waals surface area (Å²) in [7, 11) is 0. The number of nitrogens with zero attached hydrogens (tertiary/aromatic N) is 1. The van der Waals surface area contributed by atoms with Crippen LogP contribution in [0.4, 0.5) is 0 Å². The van der Waals surface area contributed by atoms with Crippen LogP contribution >= 0.6 is 0 Å². The second kappa shape index (κ2) is 6.30. The van der Waals surface area contributed by atoms with E-state index < -0.39 is 11.8 Å². The third-order valence-electron chi connectivity index (χ3n) is 3.81. The Morgan fingerprint density at radius 2 is 1.68 bits per heavy atom. The average molecular weight is 302 g/mol. The van der Waals surface area contributed by atoms with Crippen LogP contribution in [0.1, 0.15) is 60.7 Å². The minimum atomic E-state index is -0.401. The molecule has 0 fully saturated rings. The van der Waals surface area contributed by atoms with E-state index in [2.05, 4.69) is 12.2 Å². The molecule has 1 N–H and O–H groups in total. The van der Waals surface area contributed by atoms with Gasteiger partial charge in [0.25, 0.3) is 11.8 Å². The Hall–Kier alpha value is -2.17. The first-order valence-electron chi connectivity index (χ1n) is 7.62. The number of imide groups is 1. The lowest BCUT2D eigenvalue weighted by Gasteiger charge is -2.27. The second-order valence-electron chi connectivity index (χ2n) is 6.28. The van der Waals surface area contributed by atoms with Gasteiger partial charge in [0.05, 0.1) is 11.1 Å². The number of fused-ring (bicyclic) bond motifs is 1. The topological polar surface area (TPSA) is 66.5 Å². The van der Waals surface area contributed by atoms with Crippen LogP contribution in [0.25, 0.3) is 0 Å². The molecule has 5 heteroatoms. The highest BCUT2D eigenvalue weighted by atomic mass is 16.2. The molecule has 1 aliphatic rings. The van der Waals surface area contributed by atoms with Gasteiger partial charge in [-0.3, -0.25) is 19.3 Å². The maximum Gasteiger partial charge on any atom is 0.262 e. The van der Waals surface area contributed by atoms with E-state index in [-0.39, 0.29) is 18.0 Å². The minimum absolute atomic E-state index is 0.234. The van der Waals surface area contributed by atoms with Crippen molar-refractivity contribution in [3.05, 3.63) is 35.4 Å². The molecule has 0 radical (unpaired) electrons. The van der Waals surface area contributed by atoms with Crippen LogP contribution in [0.3, 0.4) is 0 Å². The van der Waals surface area contributed by atoms with E-state index in [1.165, 1.54) is 0 Å². The van der Waals surface area contributed by atoms with Gasteiger partial charge in [0, 0.05) is 5.54 Å². The average Bonchev–Trinajstić information content (AvgIpc) is 2.70. The smallest absolute Gasteiger partial charge is 0.262 e. The molecule has 1 aliphatic heterocycles. The molecule has 22 heavy (non-hydrogen) atoms. The van der Waals surface area contributed by atoms with E-state index in [1.807, 2.05) is 13.8 Å². The number of rotatable bonds is 6. The summed E-state index contributed by atoms with van der Waals surface area (Å²) in [4.78, 5) is 37.6. The van der Waals surface area contributed by atoms with E-state index in [0.29, 0.717) is 11.1 Å². The Labute approximate surface area is 130 Å². The maximum atomic E-state index is 12.2. The zero-order valence-corrected chi connectivity index (χ0v) is 13.3. The first kappa shape index (κ1) is 16.2. The molecule has 0 saturated heterocycles. The van der Waals surface area contributed by atoms with Gasteiger partial charge in [-0.15, -0.1) is 0 Å². The highest BCUT2D eigenvalue weighted by Crippen LogP contribution is 2.22. The van der Waals surface area contributed by atoms with Crippen molar-refractivity contribution in [1.29, 1.82) is 0 Å². The summed E-state index contributed by atoms with van der Waals surface area (Å²) in [6.07, 6.45) is 2.93. The van der Waals surface area contributed by atoms with Crippen molar-refractivity contribution >= 4 is 17.7 Å². The molecule has 1 heterocycles. The highest BCUT2D eigenvalue weighted by molar-refractivity contribution is 6.22.